The van der Waals surface area contributed by atoms with Crippen LogP contribution in [-0.4, -0.2) is 75.7 Å². The van der Waals surface area contributed by atoms with E-state index in [0.717, 1.165) is 35.7 Å². The number of nitrogens with zero attached hydrogens (tertiary/aromatic N) is 7. The highest BCUT2D eigenvalue weighted by Gasteiger charge is 2.23. The number of aryl methyl sites for hydroxylation is 1. The number of anilines is 1. The third kappa shape index (κ3) is 4.53. The minimum Gasteiger partial charge on any atom is -0.437 e. The van der Waals surface area contributed by atoms with Crippen LogP contribution >= 0.6 is 0 Å². The van der Waals surface area contributed by atoms with Crippen molar-refractivity contribution in [3.63, 3.8) is 0 Å². The molecule has 10 nitrogen and oxygen atoms in total. The highest BCUT2D eigenvalue weighted by molar-refractivity contribution is 5.61. The summed E-state index contributed by atoms with van der Waals surface area (Å²) in [4.78, 5) is 11.4. The second-order valence-electron chi connectivity index (χ2n) is 8.11. The Morgan fingerprint density at radius 2 is 1.94 bits per heavy atom. The first-order valence-electron chi connectivity index (χ1n) is 11.0. The number of hydrazone groups is 1. The number of hydrogen-bond acceptors (Lipinski definition) is 9. The van der Waals surface area contributed by atoms with Crippen LogP contribution in [0, 0.1) is 6.92 Å². The third-order valence-electron chi connectivity index (χ3n) is 5.72. The molecule has 1 unspecified atom stereocenters. The molecule has 10 heteroatoms. The maximum absolute atomic E-state index is 10.1. The van der Waals surface area contributed by atoms with Crippen LogP contribution < -0.4 is 9.64 Å². The van der Waals surface area contributed by atoms with Gasteiger partial charge in [0, 0.05) is 44.4 Å². The second-order valence-corrected chi connectivity index (χ2v) is 8.11. The maximum atomic E-state index is 10.1. The Morgan fingerprint density at radius 1 is 1.12 bits per heavy atom. The van der Waals surface area contributed by atoms with Crippen molar-refractivity contribution in [3.8, 4) is 23.1 Å². The molecule has 5 rings (SSSR count). The van der Waals surface area contributed by atoms with Crippen molar-refractivity contribution in [2.75, 3.05) is 38.3 Å². The minimum absolute atomic E-state index is 0.175. The molecule has 0 bridgehead atoms. The molecule has 4 heterocycles. The SMILES string of the molecule is Cc1cccc(-c2cc(CO)n(-c3cc(N4CCOCC4)nc(OC4CC=NN4C)n3)n2)c1. The van der Waals surface area contributed by atoms with Crippen LogP contribution in [-0.2, 0) is 11.3 Å². The molecular formula is C23H27N7O3. The molecule has 172 valence electrons. The Hall–Kier alpha value is -3.50. The first kappa shape index (κ1) is 21.4. The van der Waals surface area contributed by atoms with Crippen molar-refractivity contribution >= 4 is 12.0 Å². The highest BCUT2D eigenvalue weighted by atomic mass is 16.5. The lowest BCUT2D eigenvalue weighted by molar-refractivity contribution is 0.0592. The van der Waals surface area contributed by atoms with Crippen LogP contribution in [0.25, 0.3) is 17.1 Å². The molecule has 0 radical (unpaired) electrons. The molecule has 1 aromatic carbocycles. The zero-order valence-corrected chi connectivity index (χ0v) is 18.8. The molecule has 3 aromatic rings. The molecule has 2 aromatic heterocycles. The molecule has 0 amide bonds. The van der Waals surface area contributed by atoms with Gasteiger partial charge in [-0.1, -0.05) is 23.8 Å². The fourth-order valence-corrected chi connectivity index (χ4v) is 3.93. The van der Waals surface area contributed by atoms with E-state index in [1.165, 1.54) is 0 Å². The summed E-state index contributed by atoms with van der Waals surface area (Å²) in [7, 11) is 1.85. The molecule has 0 aliphatic carbocycles. The summed E-state index contributed by atoms with van der Waals surface area (Å²) in [5.74, 6) is 1.27. The number of morpholine rings is 1. The van der Waals surface area contributed by atoms with E-state index in [2.05, 4.69) is 26.0 Å². The lowest BCUT2D eigenvalue weighted by Crippen LogP contribution is -2.37. The average molecular weight is 450 g/mol. The van der Waals surface area contributed by atoms with E-state index < -0.39 is 0 Å². The first-order valence-corrected chi connectivity index (χ1v) is 11.0. The van der Waals surface area contributed by atoms with Crippen molar-refractivity contribution in [1.29, 1.82) is 0 Å². The normalized spacial score (nSPS) is 18.2. The topological polar surface area (TPSA) is 101 Å². The largest absolute Gasteiger partial charge is 0.437 e. The van der Waals surface area contributed by atoms with Crippen LogP contribution in [0.5, 0.6) is 6.01 Å². The van der Waals surface area contributed by atoms with Gasteiger partial charge in [-0.15, -0.1) is 0 Å². The average Bonchev–Trinajstić information content (AvgIpc) is 3.46. The van der Waals surface area contributed by atoms with Crippen LogP contribution in [0.1, 0.15) is 17.7 Å². The number of rotatable bonds is 6. The van der Waals surface area contributed by atoms with Gasteiger partial charge in [-0.2, -0.15) is 20.2 Å². The quantitative estimate of drug-likeness (QED) is 0.610. The van der Waals surface area contributed by atoms with Gasteiger partial charge < -0.3 is 19.5 Å². The number of aliphatic hydroxyl groups excluding tert-OH is 1. The van der Waals surface area contributed by atoms with E-state index in [9.17, 15) is 5.11 Å². The Morgan fingerprint density at radius 3 is 2.67 bits per heavy atom. The van der Waals surface area contributed by atoms with E-state index in [0.29, 0.717) is 31.1 Å². The lowest BCUT2D eigenvalue weighted by atomic mass is 10.1. The summed E-state index contributed by atoms with van der Waals surface area (Å²) in [5.41, 5.74) is 3.51. The van der Waals surface area contributed by atoms with Gasteiger partial charge in [-0.25, -0.2) is 4.68 Å². The molecule has 0 saturated carbocycles. The van der Waals surface area contributed by atoms with Crippen molar-refractivity contribution in [2.45, 2.75) is 26.2 Å². The first-order chi connectivity index (χ1) is 16.1. The van der Waals surface area contributed by atoms with Gasteiger partial charge in [0.1, 0.15) is 5.82 Å². The molecule has 33 heavy (non-hydrogen) atoms. The summed E-state index contributed by atoms with van der Waals surface area (Å²) in [6.45, 7) is 4.59. The van der Waals surface area contributed by atoms with Gasteiger partial charge in [0.2, 0.25) is 0 Å². The van der Waals surface area contributed by atoms with Gasteiger partial charge in [0.05, 0.1) is 31.2 Å². The van der Waals surface area contributed by atoms with Crippen LogP contribution in [0.15, 0.2) is 41.5 Å². The van der Waals surface area contributed by atoms with Gasteiger partial charge in [-0.05, 0) is 19.1 Å². The Labute approximate surface area is 192 Å². The van der Waals surface area contributed by atoms with E-state index in [1.807, 2.05) is 50.5 Å². The number of aliphatic hydroxyl groups is 1. The summed E-state index contributed by atoms with van der Waals surface area (Å²) in [6, 6.07) is 12.1. The van der Waals surface area contributed by atoms with E-state index >= 15 is 0 Å². The van der Waals surface area contributed by atoms with Crippen molar-refractivity contribution in [3.05, 3.63) is 47.7 Å². The molecular weight excluding hydrogens is 422 g/mol. The van der Waals surface area contributed by atoms with E-state index in [-0.39, 0.29) is 18.8 Å². The Kier molecular flexibility index (Phi) is 5.93. The lowest BCUT2D eigenvalue weighted by Gasteiger charge is -2.28. The summed E-state index contributed by atoms with van der Waals surface area (Å²) < 4.78 is 13.2. The summed E-state index contributed by atoms with van der Waals surface area (Å²) >= 11 is 0. The summed E-state index contributed by atoms with van der Waals surface area (Å²) in [5, 5.41) is 20.8. The zero-order chi connectivity index (χ0) is 22.8. The van der Waals surface area contributed by atoms with Crippen LogP contribution in [0.4, 0.5) is 5.82 Å². The van der Waals surface area contributed by atoms with Crippen molar-refractivity contribution < 1.29 is 14.6 Å². The van der Waals surface area contributed by atoms with Crippen molar-refractivity contribution in [1.82, 2.24) is 24.8 Å². The predicted octanol–water partition coefficient (Wildman–Crippen LogP) is 1.99. The Balaban J connectivity index is 1.55. The predicted molar refractivity (Wildman–Crippen MR) is 124 cm³/mol. The van der Waals surface area contributed by atoms with Gasteiger partial charge in [0.15, 0.2) is 12.0 Å². The fraction of sp³-hybridized carbons (Fsp3) is 0.391. The third-order valence-corrected chi connectivity index (χ3v) is 5.72. The molecule has 1 fully saturated rings. The van der Waals surface area contributed by atoms with Gasteiger partial charge >= 0.3 is 6.01 Å². The fourth-order valence-electron chi connectivity index (χ4n) is 3.93. The van der Waals surface area contributed by atoms with Gasteiger partial charge in [-0.3, -0.25) is 5.01 Å². The Bertz CT molecular complexity index is 1160. The molecule has 2 aliphatic heterocycles. The van der Waals surface area contributed by atoms with Crippen LogP contribution in [0.3, 0.4) is 0 Å². The zero-order valence-electron chi connectivity index (χ0n) is 18.8. The molecule has 1 N–H and O–H groups in total. The minimum atomic E-state index is -0.268. The van der Waals surface area contributed by atoms with E-state index in [4.69, 9.17) is 14.6 Å². The number of hydrogen-bond donors (Lipinski definition) is 1. The smallest absolute Gasteiger partial charge is 0.322 e. The van der Waals surface area contributed by atoms with Crippen molar-refractivity contribution in [2.24, 2.45) is 5.10 Å². The second kappa shape index (κ2) is 9.16. The van der Waals surface area contributed by atoms with Gasteiger partial charge in [0.25, 0.3) is 0 Å². The van der Waals surface area contributed by atoms with E-state index in [1.54, 1.807) is 9.69 Å². The highest BCUT2D eigenvalue weighted by Crippen LogP contribution is 2.26. The molecule has 1 saturated heterocycles. The molecule has 0 spiro atoms. The monoisotopic (exact) mass is 449 g/mol. The number of benzene rings is 1. The molecule has 2 aliphatic rings. The van der Waals surface area contributed by atoms with Crippen LogP contribution in [0.2, 0.25) is 0 Å². The molecule has 1 atom stereocenters. The maximum Gasteiger partial charge on any atom is 0.322 e. The number of aromatic nitrogens is 4. The summed E-state index contributed by atoms with van der Waals surface area (Å²) in [6.07, 6.45) is 2.19. The number of ether oxygens (including phenoxy) is 2. The standard InChI is InChI=1S/C23H27N7O3/c1-16-4-3-5-17(12-16)19-13-18(15-31)30(27-19)21-14-20(29-8-10-32-11-9-29)25-23(26-21)33-22-6-7-24-28(22)2/h3-5,7,12-14,22,31H,6,8-11,15H2,1-2H3.